The molecule has 0 unspecified atom stereocenters. The molecule has 0 atom stereocenters. The number of sulfonamides is 1. The molecule has 1 aliphatic rings. The van der Waals surface area contributed by atoms with E-state index in [-0.39, 0.29) is 18.1 Å². The monoisotopic (exact) mass is 429 g/mol. The molecule has 2 aromatic carbocycles. The number of nitrogens with zero attached hydrogens (tertiary/aromatic N) is 2. The van der Waals surface area contributed by atoms with Crippen molar-refractivity contribution in [2.45, 2.75) is 19.4 Å². The van der Waals surface area contributed by atoms with Gasteiger partial charge in [0.25, 0.3) is 0 Å². The standard InChI is InChI=1S/C21H20FN3O4S/c1-30(27,28)25-10-9-18-15(12-25)3-2-4-19(18)24-20(26)11-17-13-29-21(23-17)14-5-7-16(22)8-6-14/h2-8,13H,9-12H2,1H3,(H,24,26). The topological polar surface area (TPSA) is 92.5 Å². The van der Waals surface area contributed by atoms with Crippen LogP contribution in [0.5, 0.6) is 0 Å². The van der Waals surface area contributed by atoms with E-state index in [1.165, 1.54) is 29.0 Å². The highest BCUT2D eigenvalue weighted by Gasteiger charge is 2.25. The largest absolute Gasteiger partial charge is 0.444 e. The summed E-state index contributed by atoms with van der Waals surface area (Å²) in [6.07, 6.45) is 3.14. The number of hydrogen-bond donors (Lipinski definition) is 1. The fourth-order valence-electron chi connectivity index (χ4n) is 3.46. The Morgan fingerprint density at radius 1 is 1.23 bits per heavy atom. The van der Waals surface area contributed by atoms with Crippen LogP contribution < -0.4 is 5.32 Å². The molecule has 0 radical (unpaired) electrons. The molecule has 9 heteroatoms. The average Bonchev–Trinajstić information content (AvgIpc) is 3.16. The normalized spacial score (nSPS) is 14.3. The highest BCUT2D eigenvalue weighted by Crippen LogP contribution is 2.27. The molecule has 1 amide bonds. The van der Waals surface area contributed by atoms with Crippen LogP contribution in [0.2, 0.25) is 0 Å². The molecular weight excluding hydrogens is 409 g/mol. The first kappa shape index (κ1) is 20.2. The fraction of sp³-hybridized carbons (Fsp3) is 0.238. The van der Waals surface area contributed by atoms with Crippen molar-refractivity contribution in [2.75, 3.05) is 18.1 Å². The molecule has 30 heavy (non-hydrogen) atoms. The van der Waals surface area contributed by atoms with Crippen LogP contribution in [-0.2, 0) is 34.2 Å². The molecule has 156 valence electrons. The Labute approximate surface area is 173 Å². The Bertz CT molecular complexity index is 1190. The lowest BCUT2D eigenvalue weighted by molar-refractivity contribution is -0.115. The SMILES string of the molecule is CS(=O)(=O)N1CCc2c(cccc2NC(=O)Cc2coc(-c3ccc(F)cc3)n2)C1. The van der Waals surface area contributed by atoms with E-state index in [0.29, 0.717) is 42.3 Å². The average molecular weight is 429 g/mol. The minimum Gasteiger partial charge on any atom is -0.444 e. The van der Waals surface area contributed by atoms with E-state index in [9.17, 15) is 17.6 Å². The van der Waals surface area contributed by atoms with Gasteiger partial charge in [-0.15, -0.1) is 0 Å². The maximum Gasteiger partial charge on any atom is 0.230 e. The van der Waals surface area contributed by atoms with Crippen molar-refractivity contribution in [1.82, 2.24) is 9.29 Å². The first-order valence-electron chi connectivity index (χ1n) is 9.36. The lowest BCUT2D eigenvalue weighted by Gasteiger charge is -2.28. The summed E-state index contributed by atoms with van der Waals surface area (Å²) >= 11 is 0. The Morgan fingerprint density at radius 3 is 2.73 bits per heavy atom. The van der Waals surface area contributed by atoms with Crippen LogP contribution in [0.15, 0.2) is 53.1 Å². The molecule has 0 saturated carbocycles. The molecular formula is C21H20FN3O4S. The smallest absolute Gasteiger partial charge is 0.230 e. The zero-order valence-electron chi connectivity index (χ0n) is 16.3. The quantitative estimate of drug-likeness (QED) is 0.673. The van der Waals surface area contributed by atoms with Crippen LogP contribution in [0.25, 0.3) is 11.5 Å². The number of halogens is 1. The Hall–Kier alpha value is -3.04. The number of carbonyl (C=O) groups is 1. The third kappa shape index (κ3) is 4.42. The van der Waals surface area contributed by atoms with Crippen molar-refractivity contribution in [3.8, 4) is 11.5 Å². The van der Waals surface area contributed by atoms with E-state index in [1.807, 2.05) is 6.07 Å². The van der Waals surface area contributed by atoms with E-state index in [4.69, 9.17) is 4.42 Å². The molecule has 0 bridgehead atoms. The van der Waals surface area contributed by atoms with Crippen LogP contribution in [0.3, 0.4) is 0 Å². The highest BCUT2D eigenvalue weighted by molar-refractivity contribution is 7.88. The molecule has 2 heterocycles. The second kappa shape index (κ2) is 8.00. The molecule has 0 aliphatic carbocycles. The summed E-state index contributed by atoms with van der Waals surface area (Å²) in [6, 6.07) is 11.2. The maximum absolute atomic E-state index is 13.0. The number of oxazole rings is 1. The molecule has 0 fully saturated rings. The van der Waals surface area contributed by atoms with Crippen molar-refractivity contribution in [1.29, 1.82) is 0 Å². The third-order valence-corrected chi connectivity index (χ3v) is 6.21. The predicted molar refractivity (Wildman–Crippen MR) is 110 cm³/mol. The van der Waals surface area contributed by atoms with Gasteiger partial charge in [0.05, 0.1) is 18.4 Å². The number of rotatable bonds is 5. The minimum atomic E-state index is -3.26. The van der Waals surface area contributed by atoms with Gasteiger partial charge in [0.1, 0.15) is 12.1 Å². The number of aromatic nitrogens is 1. The van der Waals surface area contributed by atoms with Crippen molar-refractivity contribution in [3.63, 3.8) is 0 Å². The van der Waals surface area contributed by atoms with Gasteiger partial charge in [-0.2, -0.15) is 4.31 Å². The molecule has 0 spiro atoms. The highest BCUT2D eigenvalue weighted by atomic mass is 32.2. The summed E-state index contributed by atoms with van der Waals surface area (Å²) in [4.78, 5) is 16.8. The lowest BCUT2D eigenvalue weighted by Crippen LogP contribution is -2.35. The number of anilines is 1. The molecule has 1 N–H and O–H groups in total. The molecule has 4 rings (SSSR count). The van der Waals surface area contributed by atoms with Gasteiger partial charge in [0.2, 0.25) is 21.8 Å². The molecule has 1 aliphatic heterocycles. The van der Waals surface area contributed by atoms with Gasteiger partial charge in [0.15, 0.2) is 0 Å². The number of nitrogens with one attached hydrogen (secondary N) is 1. The maximum atomic E-state index is 13.0. The summed E-state index contributed by atoms with van der Waals surface area (Å²) in [7, 11) is -3.26. The van der Waals surface area contributed by atoms with Crippen LogP contribution >= 0.6 is 0 Å². The Balaban J connectivity index is 1.45. The van der Waals surface area contributed by atoms with Gasteiger partial charge in [-0.25, -0.2) is 17.8 Å². The summed E-state index contributed by atoms with van der Waals surface area (Å²) in [6.45, 7) is 0.672. The summed E-state index contributed by atoms with van der Waals surface area (Å²) in [5.41, 5.74) is 3.57. The van der Waals surface area contributed by atoms with Crippen LogP contribution in [-0.4, -0.2) is 36.4 Å². The van der Waals surface area contributed by atoms with Gasteiger partial charge in [-0.1, -0.05) is 12.1 Å². The first-order valence-corrected chi connectivity index (χ1v) is 11.2. The van der Waals surface area contributed by atoms with Crippen molar-refractivity contribution in [3.05, 3.63) is 71.4 Å². The third-order valence-electron chi connectivity index (χ3n) is 4.96. The van der Waals surface area contributed by atoms with Crippen LogP contribution in [0.1, 0.15) is 16.8 Å². The second-order valence-electron chi connectivity index (χ2n) is 7.17. The van der Waals surface area contributed by atoms with E-state index in [2.05, 4.69) is 10.3 Å². The van der Waals surface area contributed by atoms with Crippen molar-refractivity contribution in [2.24, 2.45) is 0 Å². The number of amides is 1. The van der Waals surface area contributed by atoms with E-state index < -0.39 is 10.0 Å². The van der Waals surface area contributed by atoms with Gasteiger partial charge >= 0.3 is 0 Å². The van der Waals surface area contributed by atoms with E-state index >= 15 is 0 Å². The van der Waals surface area contributed by atoms with Crippen molar-refractivity contribution < 1.29 is 22.0 Å². The van der Waals surface area contributed by atoms with Gasteiger partial charge in [-0.05, 0) is 47.9 Å². The number of benzene rings is 2. The van der Waals surface area contributed by atoms with Crippen molar-refractivity contribution >= 4 is 21.6 Å². The van der Waals surface area contributed by atoms with Gasteiger partial charge in [-0.3, -0.25) is 4.79 Å². The molecule has 7 nitrogen and oxygen atoms in total. The van der Waals surface area contributed by atoms with E-state index in [0.717, 1.165) is 11.1 Å². The van der Waals surface area contributed by atoms with Crippen LogP contribution in [0.4, 0.5) is 10.1 Å². The van der Waals surface area contributed by atoms with Crippen LogP contribution in [0, 0.1) is 5.82 Å². The second-order valence-corrected chi connectivity index (χ2v) is 9.15. The lowest BCUT2D eigenvalue weighted by atomic mass is 9.99. The summed E-state index contributed by atoms with van der Waals surface area (Å²) in [5.74, 6) is -0.292. The van der Waals surface area contributed by atoms with E-state index in [1.54, 1.807) is 24.3 Å². The fourth-order valence-corrected chi connectivity index (χ4v) is 4.25. The first-order chi connectivity index (χ1) is 14.3. The van der Waals surface area contributed by atoms with Gasteiger partial charge < -0.3 is 9.73 Å². The molecule has 1 aromatic heterocycles. The Kier molecular flexibility index (Phi) is 5.40. The predicted octanol–water partition coefficient (Wildman–Crippen LogP) is 2.98. The number of hydrogen-bond acceptors (Lipinski definition) is 5. The summed E-state index contributed by atoms with van der Waals surface area (Å²) < 4.78 is 43.5. The number of fused-ring (bicyclic) bond motifs is 1. The minimum absolute atomic E-state index is 0.0177. The summed E-state index contributed by atoms with van der Waals surface area (Å²) in [5, 5.41) is 2.89. The van der Waals surface area contributed by atoms with Gasteiger partial charge in [0, 0.05) is 24.3 Å². The molecule has 3 aromatic rings. The Morgan fingerprint density at radius 2 is 2.00 bits per heavy atom. The molecule has 0 saturated heterocycles. The zero-order chi connectivity index (χ0) is 21.3. The zero-order valence-corrected chi connectivity index (χ0v) is 17.1. The number of carbonyl (C=O) groups excluding carboxylic acids is 1.